The van der Waals surface area contributed by atoms with Crippen LogP contribution in [-0.2, 0) is 33.7 Å². The van der Waals surface area contributed by atoms with Crippen molar-refractivity contribution in [1.82, 2.24) is 9.55 Å². The number of hydrogen-bond donors (Lipinski definition) is 1. The highest BCUT2D eigenvalue weighted by atomic mass is 16.5. The van der Waals surface area contributed by atoms with Crippen molar-refractivity contribution >= 4 is 35.2 Å². The highest BCUT2D eigenvalue weighted by molar-refractivity contribution is 6.36. The number of anilines is 1. The number of aryl methyl sites for hydroxylation is 1. The van der Waals surface area contributed by atoms with Crippen LogP contribution in [0.1, 0.15) is 51.9 Å². The van der Waals surface area contributed by atoms with Gasteiger partial charge < -0.3 is 19.3 Å². The molecule has 1 aliphatic rings. The van der Waals surface area contributed by atoms with Crippen molar-refractivity contribution in [2.24, 2.45) is 0 Å². The minimum atomic E-state index is -0.947. The summed E-state index contributed by atoms with van der Waals surface area (Å²) in [6, 6.07) is 12.6. The van der Waals surface area contributed by atoms with Gasteiger partial charge in [0.05, 0.1) is 42.2 Å². The minimum Gasteiger partial charge on any atom is -0.481 e. The summed E-state index contributed by atoms with van der Waals surface area (Å²) in [5, 5.41) is 9.29. The summed E-state index contributed by atoms with van der Waals surface area (Å²) in [6.07, 6.45) is 5.11. The SMILES string of the molecule is CCCc1ncc(C=C2C(=O)N(C)c3c(CC(=O)O)cccc32)n1Cc1ccc(C(=O)OC)cc1. The topological polar surface area (TPSA) is 102 Å². The fourth-order valence-electron chi connectivity index (χ4n) is 4.39. The summed E-state index contributed by atoms with van der Waals surface area (Å²) in [5.74, 6) is -0.627. The molecule has 1 amide bonds. The van der Waals surface area contributed by atoms with Gasteiger partial charge in [0, 0.05) is 25.6 Å². The quantitative estimate of drug-likeness (QED) is 0.394. The maximum Gasteiger partial charge on any atom is 0.337 e. The van der Waals surface area contributed by atoms with E-state index in [1.807, 2.05) is 24.3 Å². The van der Waals surface area contributed by atoms with Gasteiger partial charge in [-0.1, -0.05) is 37.3 Å². The van der Waals surface area contributed by atoms with E-state index in [1.54, 1.807) is 37.5 Å². The summed E-state index contributed by atoms with van der Waals surface area (Å²) in [7, 11) is 3.01. The van der Waals surface area contributed by atoms with Crippen LogP contribution >= 0.6 is 0 Å². The number of methoxy groups -OCH3 is 1. The molecule has 8 nitrogen and oxygen atoms in total. The number of rotatable bonds is 8. The number of benzene rings is 2. The third-order valence-corrected chi connectivity index (χ3v) is 6.07. The third kappa shape index (κ3) is 4.73. The van der Waals surface area contributed by atoms with Crippen LogP contribution in [0.15, 0.2) is 48.7 Å². The molecule has 8 heteroatoms. The number of carbonyl (C=O) groups is 3. The molecule has 4 rings (SSSR count). The average Bonchev–Trinajstić information content (AvgIpc) is 3.33. The maximum atomic E-state index is 13.2. The highest BCUT2D eigenvalue weighted by Crippen LogP contribution is 2.39. The zero-order chi connectivity index (χ0) is 25.1. The van der Waals surface area contributed by atoms with Crippen molar-refractivity contribution < 1.29 is 24.2 Å². The zero-order valence-corrected chi connectivity index (χ0v) is 19.9. The van der Waals surface area contributed by atoms with Gasteiger partial charge in [-0.25, -0.2) is 9.78 Å². The largest absolute Gasteiger partial charge is 0.481 e. The lowest BCUT2D eigenvalue weighted by Gasteiger charge is -2.13. The highest BCUT2D eigenvalue weighted by Gasteiger charge is 2.32. The molecule has 0 aliphatic carbocycles. The van der Waals surface area contributed by atoms with Crippen LogP contribution < -0.4 is 4.90 Å². The normalized spacial score (nSPS) is 13.9. The molecule has 0 spiro atoms. The molecule has 0 fully saturated rings. The number of nitrogens with zero attached hydrogens (tertiary/aromatic N) is 3. The molecule has 0 saturated carbocycles. The Morgan fingerprint density at radius 2 is 1.89 bits per heavy atom. The first kappa shape index (κ1) is 23.9. The van der Waals surface area contributed by atoms with Crippen molar-refractivity contribution in [3.05, 3.63) is 82.4 Å². The Labute approximate surface area is 203 Å². The summed E-state index contributed by atoms with van der Waals surface area (Å²) >= 11 is 0. The molecule has 0 bridgehead atoms. The van der Waals surface area contributed by atoms with Crippen LogP contribution in [0.4, 0.5) is 5.69 Å². The molecule has 1 N–H and O–H groups in total. The Morgan fingerprint density at radius 1 is 1.14 bits per heavy atom. The van der Waals surface area contributed by atoms with Crippen LogP contribution in [0.5, 0.6) is 0 Å². The first-order valence-corrected chi connectivity index (χ1v) is 11.4. The van der Waals surface area contributed by atoms with Gasteiger partial charge >= 0.3 is 11.9 Å². The van der Waals surface area contributed by atoms with Crippen LogP contribution in [-0.4, -0.2) is 46.7 Å². The number of likely N-dealkylation sites (N-methyl/N-ethyl adjacent to an activating group) is 1. The predicted octanol–water partition coefficient (Wildman–Crippen LogP) is 3.81. The number of carbonyl (C=O) groups excluding carboxylic acids is 2. The summed E-state index contributed by atoms with van der Waals surface area (Å²) in [6.45, 7) is 2.60. The smallest absolute Gasteiger partial charge is 0.337 e. The third-order valence-electron chi connectivity index (χ3n) is 6.07. The first-order valence-electron chi connectivity index (χ1n) is 11.4. The zero-order valence-electron chi connectivity index (χ0n) is 19.9. The van der Waals surface area contributed by atoms with E-state index in [9.17, 15) is 19.5 Å². The van der Waals surface area contributed by atoms with E-state index >= 15 is 0 Å². The number of carboxylic acid groups (broad SMARTS) is 1. The predicted molar refractivity (Wildman–Crippen MR) is 132 cm³/mol. The Hall–Kier alpha value is -4.20. The van der Waals surface area contributed by atoms with Crippen LogP contribution in [0.25, 0.3) is 11.6 Å². The first-order chi connectivity index (χ1) is 16.8. The molecular formula is C27H27N3O5. The molecule has 1 aliphatic heterocycles. The number of ether oxygens (including phenoxy) is 1. The lowest BCUT2D eigenvalue weighted by Crippen LogP contribution is -2.21. The van der Waals surface area contributed by atoms with Crippen LogP contribution in [0.3, 0.4) is 0 Å². The maximum absolute atomic E-state index is 13.2. The standard InChI is InChI=1S/C27H27N3O5/c1-4-6-23-28-15-20(30(23)16-17-9-11-18(12-10-17)27(34)35-3)14-22-21-8-5-7-19(13-24(31)32)25(21)29(2)26(22)33/h5,7-12,14-15H,4,6,13,16H2,1-3H3,(H,31,32). The number of hydrogen-bond acceptors (Lipinski definition) is 5. The number of aliphatic carboxylic acids is 1. The van der Waals surface area contributed by atoms with E-state index in [0.29, 0.717) is 34.5 Å². The minimum absolute atomic E-state index is 0.159. The molecule has 35 heavy (non-hydrogen) atoms. The van der Waals surface area contributed by atoms with Gasteiger partial charge in [-0.15, -0.1) is 0 Å². The van der Waals surface area contributed by atoms with Gasteiger partial charge in [-0.2, -0.15) is 0 Å². The number of fused-ring (bicyclic) bond motifs is 1. The van der Waals surface area contributed by atoms with Gasteiger partial charge in [0.1, 0.15) is 5.82 Å². The van der Waals surface area contributed by atoms with E-state index in [-0.39, 0.29) is 18.3 Å². The summed E-state index contributed by atoms with van der Waals surface area (Å²) in [5.41, 5.74) is 4.67. The van der Waals surface area contributed by atoms with Crippen molar-refractivity contribution in [3.8, 4) is 0 Å². The molecule has 0 atom stereocenters. The molecule has 0 unspecified atom stereocenters. The second-order valence-electron chi connectivity index (χ2n) is 8.43. The Kier molecular flexibility index (Phi) is 6.82. The van der Waals surface area contributed by atoms with Gasteiger partial charge in [-0.05, 0) is 35.8 Å². The number of esters is 1. The molecule has 1 aromatic heterocycles. The molecule has 0 radical (unpaired) electrons. The second kappa shape index (κ2) is 9.97. The van der Waals surface area contributed by atoms with E-state index in [2.05, 4.69) is 16.5 Å². The monoisotopic (exact) mass is 473 g/mol. The van der Waals surface area contributed by atoms with E-state index in [0.717, 1.165) is 29.9 Å². The van der Waals surface area contributed by atoms with Crippen molar-refractivity contribution in [1.29, 1.82) is 0 Å². The Balaban J connectivity index is 1.74. The number of amides is 1. The Bertz CT molecular complexity index is 1320. The van der Waals surface area contributed by atoms with Crippen molar-refractivity contribution in [2.45, 2.75) is 32.7 Å². The van der Waals surface area contributed by atoms with Crippen molar-refractivity contribution in [2.75, 3.05) is 19.1 Å². The van der Waals surface area contributed by atoms with Gasteiger partial charge in [0.25, 0.3) is 5.91 Å². The fraction of sp³-hybridized carbons (Fsp3) is 0.259. The van der Waals surface area contributed by atoms with E-state index in [1.165, 1.54) is 12.0 Å². The van der Waals surface area contributed by atoms with Gasteiger partial charge in [0.2, 0.25) is 0 Å². The van der Waals surface area contributed by atoms with E-state index < -0.39 is 5.97 Å². The molecule has 2 heterocycles. The van der Waals surface area contributed by atoms with Crippen molar-refractivity contribution in [3.63, 3.8) is 0 Å². The number of carboxylic acids is 1. The second-order valence-corrected chi connectivity index (χ2v) is 8.43. The van der Waals surface area contributed by atoms with Crippen LogP contribution in [0, 0.1) is 0 Å². The average molecular weight is 474 g/mol. The van der Waals surface area contributed by atoms with Gasteiger partial charge in [0.15, 0.2) is 0 Å². The molecule has 2 aromatic carbocycles. The molecule has 180 valence electrons. The molecule has 3 aromatic rings. The van der Waals surface area contributed by atoms with Crippen LogP contribution in [0.2, 0.25) is 0 Å². The lowest BCUT2D eigenvalue weighted by molar-refractivity contribution is -0.136. The number of imidazole rings is 1. The fourth-order valence-corrected chi connectivity index (χ4v) is 4.39. The number of aromatic nitrogens is 2. The molecule has 0 saturated heterocycles. The van der Waals surface area contributed by atoms with Gasteiger partial charge in [-0.3, -0.25) is 9.59 Å². The molecular weight excluding hydrogens is 446 g/mol. The Morgan fingerprint density at radius 3 is 2.54 bits per heavy atom. The summed E-state index contributed by atoms with van der Waals surface area (Å²) in [4.78, 5) is 42.4. The summed E-state index contributed by atoms with van der Waals surface area (Å²) < 4.78 is 6.84. The number of para-hydroxylation sites is 1. The lowest BCUT2D eigenvalue weighted by atomic mass is 10.0. The van der Waals surface area contributed by atoms with E-state index in [4.69, 9.17) is 4.74 Å².